The molecule has 1 fully saturated rings. The van der Waals surface area contributed by atoms with Gasteiger partial charge in [0.1, 0.15) is 12.1 Å². The lowest BCUT2D eigenvalue weighted by molar-refractivity contribution is -0.145. The maximum atomic E-state index is 11.9. The highest BCUT2D eigenvalue weighted by atomic mass is 16.5. The summed E-state index contributed by atoms with van der Waals surface area (Å²) in [5, 5.41) is 11.7. The van der Waals surface area contributed by atoms with Crippen molar-refractivity contribution in [3.8, 4) is 0 Å². The molecule has 0 spiro atoms. The summed E-state index contributed by atoms with van der Waals surface area (Å²) in [5.74, 6) is -1.23. The van der Waals surface area contributed by atoms with Crippen molar-refractivity contribution >= 4 is 11.9 Å². The van der Waals surface area contributed by atoms with Crippen LogP contribution in [-0.4, -0.2) is 35.7 Å². The van der Waals surface area contributed by atoms with Crippen molar-refractivity contribution in [2.75, 3.05) is 6.61 Å². The third kappa shape index (κ3) is 3.43. The maximum Gasteiger partial charge on any atom is 0.326 e. The zero-order valence-electron chi connectivity index (χ0n) is 10.6. The predicted octanol–water partition coefficient (Wildman–Crippen LogP) is 1.03. The minimum Gasteiger partial charge on any atom is -0.480 e. The van der Waals surface area contributed by atoms with Gasteiger partial charge in [-0.1, -0.05) is 27.2 Å². The van der Waals surface area contributed by atoms with Gasteiger partial charge in [-0.2, -0.15) is 0 Å². The van der Waals surface area contributed by atoms with E-state index in [2.05, 4.69) is 5.32 Å². The quantitative estimate of drug-likeness (QED) is 0.756. The second-order valence-electron chi connectivity index (χ2n) is 4.77. The monoisotopic (exact) mass is 243 g/mol. The van der Waals surface area contributed by atoms with Gasteiger partial charge in [0.15, 0.2) is 0 Å². The fourth-order valence-electron chi connectivity index (χ4n) is 1.95. The summed E-state index contributed by atoms with van der Waals surface area (Å²) in [6.07, 6.45) is 1.05. The smallest absolute Gasteiger partial charge is 0.326 e. The highest BCUT2D eigenvalue weighted by Crippen LogP contribution is 2.20. The summed E-state index contributed by atoms with van der Waals surface area (Å²) in [6.45, 7) is 6.23. The van der Waals surface area contributed by atoms with Gasteiger partial charge in [0.25, 0.3) is 0 Å². The van der Waals surface area contributed by atoms with Crippen molar-refractivity contribution in [3.05, 3.63) is 0 Å². The first-order chi connectivity index (χ1) is 7.97. The SMILES string of the molecule is CCC(C)C(NC(=O)C1OCCC1C)C(=O)O. The first kappa shape index (κ1) is 14.0. The van der Waals surface area contributed by atoms with Crippen molar-refractivity contribution in [1.29, 1.82) is 0 Å². The maximum absolute atomic E-state index is 11.9. The van der Waals surface area contributed by atoms with Crippen LogP contribution < -0.4 is 5.32 Å². The van der Waals surface area contributed by atoms with Gasteiger partial charge in [0, 0.05) is 6.61 Å². The highest BCUT2D eigenvalue weighted by molar-refractivity contribution is 5.86. The third-order valence-electron chi connectivity index (χ3n) is 3.42. The van der Waals surface area contributed by atoms with E-state index < -0.39 is 18.1 Å². The Hall–Kier alpha value is -1.10. The summed E-state index contributed by atoms with van der Waals surface area (Å²) >= 11 is 0. The molecule has 4 atom stereocenters. The van der Waals surface area contributed by atoms with E-state index in [9.17, 15) is 9.59 Å². The van der Waals surface area contributed by atoms with Gasteiger partial charge in [-0.15, -0.1) is 0 Å². The Morgan fingerprint density at radius 3 is 2.59 bits per heavy atom. The number of carboxylic acid groups (broad SMARTS) is 1. The number of aliphatic carboxylic acids is 1. The van der Waals surface area contributed by atoms with Crippen molar-refractivity contribution in [2.24, 2.45) is 11.8 Å². The van der Waals surface area contributed by atoms with Crippen LogP contribution in [0.5, 0.6) is 0 Å². The van der Waals surface area contributed by atoms with Crippen LogP contribution in [0.1, 0.15) is 33.6 Å². The molecule has 98 valence electrons. The Morgan fingerprint density at radius 1 is 1.53 bits per heavy atom. The van der Waals surface area contributed by atoms with E-state index in [1.54, 1.807) is 0 Å². The van der Waals surface area contributed by atoms with Gasteiger partial charge < -0.3 is 15.2 Å². The molecule has 5 heteroatoms. The molecule has 0 aromatic rings. The lowest BCUT2D eigenvalue weighted by Gasteiger charge is -2.23. The van der Waals surface area contributed by atoms with Gasteiger partial charge in [-0.3, -0.25) is 4.79 Å². The number of hydrogen-bond donors (Lipinski definition) is 2. The summed E-state index contributed by atoms with van der Waals surface area (Å²) in [5.41, 5.74) is 0. The molecule has 1 amide bonds. The molecule has 1 saturated heterocycles. The minimum atomic E-state index is -0.988. The zero-order valence-corrected chi connectivity index (χ0v) is 10.6. The second kappa shape index (κ2) is 6.00. The lowest BCUT2D eigenvalue weighted by atomic mass is 9.98. The topological polar surface area (TPSA) is 75.6 Å². The first-order valence-corrected chi connectivity index (χ1v) is 6.12. The van der Waals surface area contributed by atoms with Gasteiger partial charge in [-0.25, -0.2) is 4.79 Å². The minimum absolute atomic E-state index is 0.0897. The van der Waals surface area contributed by atoms with E-state index >= 15 is 0 Å². The molecule has 1 heterocycles. The summed E-state index contributed by atoms with van der Waals surface area (Å²) in [4.78, 5) is 23.0. The normalized spacial score (nSPS) is 27.5. The van der Waals surface area contributed by atoms with Crippen molar-refractivity contribution in [1.82, 2.24) is 5.32 Å². The first-order valence-electron chi connectivity index (χ1n) is 6.12. The van der Waals surface area contributed by atoms with Gasteiger partial charge >= 0.3 is 5.97 Å². The average molecular weight is 243 g/mol. The molecule has 0 saturated carbocycles. The molecule has 0 aromatic heterocycles. The summed E-state index contributed by atoms with van der Waals surface area (Å²) in [7, 11) is 0. The van der Waals surface area contributed by atoms with Crippen LogP contribution in [0.25, 0.3) is 0 Å². The van der Waals surface area contributed by atoms with Crippen LogP contribution in [-0.2, 0) is 14.3 Å². The van der Waals surface area contributed by atoms with Crippen molar-refractivity contribution < 1.29 is 19.4 Å². The van der Waals surface area contributed by atoms with Crippen molar-refractivity contribution in [3.63, 3.8) is 0 Å². The van der Waals surface area contributed by atoms with Crippen LogP contribution >= 0.6 is 0 Å². The Balaban J connectivity index is 2.61. The van der Waals surface area contributed by atoms with Crippen LogP contribution in [0.15, 0.2) is 0 Å². The molecular weight excluding hydrogens is 222 g/mol. The van der Waals surface area contributed by atoms with Crippen molar-refractivity contribution in [2.45, 2.75) is 45.8 Å². The summed E-state index contributed by atoms with van der Waals surface area (Å²) < 4.78 is 5.32. The zero-order chi connectivity index (χ0) is 13.0. The fraction of sp³-hybridized carbons (Fsp3) is 0.833. The molecular formula is C12H21NO4. The molecule has 0 aromatic carbocycles. The number of rotatable bonds is 5. The molecule has 0 radical (unpaired) electrons. The third-order valence-corrected chi connectivity index (χ3v) is 3.42. The predicted molar refractivity (Wildman–Crippen MR) is 62.5 cm³/mol. The van der Waals surface area contributed by atoms with Gasteiger partial charge in [-0.05, 0) is 18.3 Å². The molecule has 0 aliphatic carbocycles. The van der Waals surface area contributed by atoms with Crippen LogP contribution in [0.4, 0.5) is 0 Å². The lowest BCUT2D eigenvalue weighted by Crippen LogP contribution is -2.49. The van der Waals surface area contributed by atoms with Gasteiger partial charge in [0.2, 0.25) is 5.91 Å². The Labute approximate surface area is 102 Å². The second-order valence-corrected chi connectivity index (χ2v) is 4.77. The fourth-order valence-corrected chi connectivity index (χ4v) is 1.95. The Morgan fingerprint density at radius 2 is 2.18 bits per heavy atom. The Kier molecular flexibility index (Phi) is 4.93. The number of nitrogens with one attached hydrogen (secondary N) is 1. The van der Waals surface area contributed by atoms with E-state index in [0.29, 0.717) is 13.0 Å². The number of carboxylic acids is 1. The van der Waals surface area contributed by atoms with E-state index in [1.165, 1.54) is 0 Å². The molecule has 2 N–H and O–H groups in total. The number of amides is 1. The summed E-state index contributed by atoms with van der Waals surface area (Å²) in [6, 6.07) is -0.830. The number of ether oxygens (including phenoxy) is 1. The van der Waals surface area contributed by atoms with Crippen LogP contribution in [0.2, 0.25) is 0 Å². The van der Waals surface area contributed by atoms with E-state index in [1.807, 2.05) is 20.8 Å². The molecule has 1 aliphatic heterocycles. The largest absolute Gasteiger partial charge is 0.480 e. The molecule has 4 unspecified atom stereocenters. The van der Waals surface area contributed by atoms with Crippen LogP contribution in [0.3, 0.4) is 0 Å². The van der Waals surface area contributed by atoms with Crippen LogP contribution in [0, 0.1) is 11.8 Å². The average Bonchev–Trinajstić information content (AvgIpc) is 2.70. The number of carbonyl (C=O) groups is 2. The van der Waals surface area contributed by atoms with E-state index in [0.717, 1.165) is 6.42 Å². The number of carbonyl (C=O) groups excluding carboxylic acids is 1. The molecule has 1 aliphatic rings. The van der Waals surface area contributed by atoms with Gasteiger partial charge in [0.05, 0.1) is 0 Å². The molecule has 1 rings (SSSR count). The van der Waals surface area contributed by atoms with E-state index in [-0.39, 0.29) is 17.7 Å². The standard InChI is InChI=1S/C12H21NO4/c1-4-7(2)9(12(15)16)13-11(14)10-8(3)5-6-17-10/h7-10H,4-6H2,1-3H3,(H,13,14)(H,15,16). The molecule has 5 nitrogen and oxygen atoms in total. The number of hydrogen-bond acceptors (Lipinski definition) is 3. The molecule has 17 heavy (non-hydrogen) atoms. The Bertz CT molecular complexity index is 292. The highest BCUT2D eigenvalue weighted by Gasteiger charge is 2.34. The molecule has 0 bridgehead atoms. The van der Waals surface area contributed by atoms with E-state index in [4.69, 9.17) is 9.84 Å².